The average Bonchev–Trinajstić information content (AvgIpc) is 3.12. The van der Waals surface area contributed by atoms with Gasteiger partial charge < -0.3 is 14.8 Å². The molecule has 4 rings (SSSR count). The fourth-order valence-electron chi connectivity index (χ4n) is 3.33. The van der Waals surface area contributed by atoms with Gasteiger partial charge in [0.1, 0.15) is 11.5 Å². The molecule has 1 fully saturated rings. The number of nitrogens with one attached hydrogen (secondary N) is 1. The molecule has 0 aromatic heterocycles. The molecular formula is C26H21ClN2O5S. The Morgan fingerprint density at radius 3 is 2.49 bits per heavy atom. The first-order chi connectivity index (χ1) is 16.9. The molecule has 1 heterocycles. The number of carbonyl (C=O) groups excluding carboxylic acids is 3. The summed E-state index contributed by atoms with van der Waals surface area (Å²) in [6, 6.07) is 21.1. The number of hydrogen-bond acceptors (Lipinski definition) is 6. The van der Waals surface area contributed by atoms with Crippen molar-refractivity contribution >= 4 is 52.2 Å². The summed E-state index contributed by atoms with van der Waals surface area (Å²) in [4.78, 5) is 38.9. The van der Waals surface area contributed by atoms with Crippen LogP contribution in [0.4, 0.5) is 10.5 Å². The minimum Gasteiger partial charge on any atom is -0.495 e. The molecule has 0 unspecified atom stereocenters. The van der Waals surface area contributed by atoms with Crippen molar-refractivity contribution in [3.8, 4) is 11.5 Å². The summed E-state index contributed by atoms with van der Waals surface area (Å²) >= 11 is 7.05. The lowest BCUT2D eigenvalue weighted by Gasteiger charge is -2.13. The van der Waals surface area contributed by atoms with Gasteiger partial charge in [0.05, 0.1) is 24.2 Å². The molecule has 1 aliphatic rings. The number of imide groups is 1. The van der Waals surface area contributed by atoms with Gasteiger partial charge in [0.15, 0.2) is 6.61 Å². The zero-order chi connectivity index (χ0) is 24.8. The van der Waals surface area contributed by atoms with Crippen LogP contribution in [-0.4, -0.2) is 35.7 Å². The number of para-hydroxylation sites is 2. The lowest BCUT2D eigenvalue weighted by molar-refractivity contribution is -0.123. The van der Waals surface area contributed by atoms with E-state index in [1.165, 1.54) is 12.0 Å². The van der Waals surface area contributed by atoms with E-state index in [9.17, 15) is 14.4 Å². The van der Waals surface area contributed by atoms with E-state index in [1.807, 2.05) is 12.1 Å². The van der Waals surface area contributed by atoms with Crippen molar-refractivity contribution in [2.24, 2.45) is 0 Å². The standard InChI is InChI=1S/C26H21ClN2O5S/c1-33-22-9-5-4-8-21(22)28-24(30)16-34-19-12-10-17(11-13-19)14-23-25(31)29(26(32)35-23)15-18-6-2-3-7-20(18)27/h2-14H,15-16H2,1H3,(H,28,30)/b23-14-. The van der Waals surface area contributed by atoms with Crippen LogP contribution >= 0.6 is 23.4 Å². The van der Waals surface area contributed by atoms with Gasteiger partial charge in [-0.1, -0.05) is 54.1 Å². The van der Waals surface area contributed by atoms with Gasteiger partial charge in [0.25, 0.3) is 17.1 Å². The number of nitrogens with zero attached hydrogens (tertiary/aromatic N) is 1. The fraction of sp³-hybridized carbons (Fsp3) is 0.115. The van der Waals surface area contributed by atoms with Crippen molar-refractivity contribution in [2.45, 2.75) is 6.54 Å². The maximum atomic E-state index is 12.8. The molecule has 0 saturated carbocycles. The van der Waals surface area contributed by atoms with Crippen molar-refractivity contribution in [3.63, 3.8) is 0 Å². The molecule has 7 nitrogen and oxygen atoms in total. The van der Waals surface area contributed by atoms with Crippen LogP contribution < -0.4 is 14.8 Å². The predicted octanol–water partition coefficient (Wildman–Crippen LogP) is 5.60. The van der Waals surface area contributed by atoms with Crippen molar-refractivity contribution in [1.29, 1.82) is 0 Å². The Morgan fingerprint density at radius 2 is 1.74 bits per heavy atom. The SMILES string of the molecule is COc1ccccc1NC(=O)COc1ccc(/C=C2\SC(=O)N(Cc3ccccc3Cl)C2=O)cc1. The Morgan fingerprint density at radius 1 is 1.03 bits per heavy atom. The van der Waals surface area contributed by atoms with E-state index in [1.54, 1.807) is 66.7 Å². The number of methoxy groups -OCH3 is 1. The average molecular weight is 509 g/mol. The third-order valence-electron chi connectivity index (χ3n) is 5.09. The zero-order valence-corrected chi connectivity index (χ0v) is 20.3. The Labute approximate surface area is 211 Å². The number of anilines is 1. The highest BCUT2D eigenvalue weighted by atomic mass is 35.5. The second-order valence-corrected chi connectivity index (χ2v) is 8.87. The molecule has 0 spiro atoms. The molecule has 178 valence electrons. The fourth-order valence-corrected chi connectivity index (χ4v) is 4.36. The molecule has 3 aromatic rings. The number of benzene rings is 3. The van der Waals surface area contributed by atoms with Crippen LogP contribution in [0.3, 0.4) is 0 Å². The van der Waals surface area contributed by atoms with E-state index in [4.69, 9.17) is 21.1 Å². The van der Waals surface area contributed by atoms with Gasteiger partial charge in [0, 0.05) is 5.02 Å². The van der Waals surface area contributed by atoms with E-state index in [2.05, 4.69) is 5.32 Å². The van der Waals surface area contributed by atoms with Crippen LogP contribution in [0, 0.1) is 0 Å². The smallest absolute Gasteiger partial charge is 0.293 e. The Kier molecular flexibility index (Phi) is 7.74. The Bertz CT molecular complexity index is 1290. The third kappa shape index (κ3) is 6.03. The van der Waals surface area contributed by atoms with Crippen LogP contribution in [0.5, 0.6) is 11.5 Å². The minimum atomic E-state index is -0.367. The maximum absolute atomic E-state index is 12.8. The van der Waals surface area contributed by atoms with Crippen LogP contribution in [0.15, 0.2) is 77.7 Å². The highest BCUT2D eigenvalue weighted by Gasteiger charge is 2.35. The molecule has 3 amide bonds. The summed E-state index contributed by atoms with van der Waals surface area (Å²) in [6.07, 6.45) is 1.65. The maximum Gasteiger partial charge on any atom is 0.293 e. The van der Waals surface area contributed by atoms with Gasteiger partial charge >= 0.3 is 0 Å². The normalized spacial score (nSPS) is 14.3. The van der Waals surface area contributed by atoms with Gasteiger partial charge in [-0.05, 0) is 59.3 Å². The largest absolute Gasteiger partial charge is 0.495 e. The Hall–Kier alpha value is -3.75. The Balaban J connectivity index is 1.35. The number of hydrogen-bond donors (Lipinski definition) is 1. The molecule has 3 aromatic carbocycles. The molecule has 0 aliphatic carbocycles. The third-order valence-corrected chi connectivity index (χ3v) is 6.36. The van der Waals surface area contributed by atoms with E-state index in [0.717, 1.165) is 17.3 Å². The zero-order valence-electron chi connectivity index (χ0n) is 18.7. The molecule has 35 heavy (non-hydrogen) atoms. The number of amides is 3. The van der Waals surface area contributed by atoms with Gasteiger partial charge in [-0.2, -0.15) is 0 Å². The summed E-state index contributed by atoms with van der Waals surface area (Å²) in [7, 11) is 1.53. The molecule has 0 atom stereocenters. The van der Waals surface area contributed by atoms with Crippen LogP contribution in [-0.2, 0) is 16.1 Å². The molecule has 0 bridgehead atoms. The highest BCUT2D eigenvalue weighted by Crippen LogP contribution is 2.34. The highest BCUT2D eigenvalue weighted by molar-refractivity contribution is 8.18. The lowest BCUT2D eigenvalue weighted by Crippen LogP contribution is -2.27. The first-order valence-corrected chi connectivity index (χ1v) is 11.8. The van der Waals surface area contributed by atoms with E-state index >= 15 is 0 Å². The van der Waals surface area contributed by atoms with E-state index in [-0.39, 0.29) is 30.2 Å². The molecule has 1 N–H and O–H groups in total. The number of carbonyl (C=O) groups is 3. The molecule has 9 heteroatoms. The number of rotatable bonds is 8. The monoisotopic (exact) mass is 508 g/mol. The summed E-state index contributed by atoms with van der Waals surface area (Å²) in [6.45, 7) is -0.0658. The number of halogens is 1. The topological polar surface area (TPSA) is 84.9 Å². The van der Waals surface area contributed by atoms with E-state index < -0.39 is 0 Å². The van der Waals surface area contributed by atoms with Gasteiger partial charge in [-0.3, -0.25) is 19.3 Å². The molecule has 0 radical (unpaired) electrons. The predicted molar refractivity (Wildman–Crippen MR) is 137 cm³/mol. The van der Waals surface area contributed by atoms with E-state index in [0.29, 0.717) is 32.7 Å². The summed E-state index contributed by atoms with van der Waals surface area (Å²) in [5.74, 6) is 0.352. The van der Waals surface area contributed by atoms with Crippen LogP contribution in [0.25, 0.3) is 6.08 Å². The van der Waals surface area contributed by atoms with Crippen molar-refractivity contribution < 1.29 is 23.9 Å². The minimum absolute atomic E-state index is 0.116. The van der Waals surface area contributed by atoms with Gasteiger partial charge in [0.2, 0.25) is 0 Å². The summed E-state index contributed by atoms with van der Waals surface area (Å²) < 4.78 is 10.8. The molecular weight excluding hydrogens is 488 g/mol. The van der Waals surface area contributed by atoms with Crippen molar-refractivity contribution in [3.05, 3.63) is 93.9 Å². The number of thioether (sulfide) groups is 1. The first-order valence-electron chi connectivity index (χ1n) is 10.6. The summed E-state index contributed by atoms with van der Waals surface area (Å²) in [5.41, 5.74) is 1.98. The second kappa shape index (κ2) is 11.1. The van der Waals surface area contributed by atoms with Crippen LogP contribution in [0.2, 0.25) is 5.02 Å². The second-order valence-electron chi connectivity index (χ2n) is 7.47. The van der Waals surface area contributed by atoms with Crippen molar-refractivity contribution in [2.75, 3.05) is 19.0 Å². The van der Waals surface area contributed by atoms with Crippen LogP contribution in [0.1, 0.15) is 11.1 Å². The number of ether oxygens (including phenoxy) is 2. The van der Waals surface area contributed by atoms with Gasteiger partial charge in [-0.25, -0.2) is 0 Å². The first kappa shape index (κ1) is 24.4. The van der Waals surface area contributed by atoms with Gasteiger partial charge in [-0.15, -0.1) is 0 Å². The van der Waals surface area contributed by atoms with Crippen molar-refractivity contribution in [1.82, 2.24) is 4.90 Å². The quantitative estimate of drug-likeness (QED) is 0.398. The molecule has 1 aliphatic heterocycles. The lowest BCUT2D eigenvalue weighted by atomic mass is 10.2. The molecule has 1 saturated heterocycles. The summed E-state index contributed by atoms with van der Waals surface area (Å²) in [5, 5.41) is 2.90.